The summed E-state index contributed by atoms with van der Waals surface area (Å²) in [6, 6.07) is -1.76. The Balaban J connectivity index is 1.87. The summed E-state index contributed by atoms with van der Waals surface area (Å²) < 4.78 is 13.6. The van der Waals surface area contributed by atoms with E-state index in [1.807, 2.05) is 34.6 Å². The van der Waals surface area contributed by atoms with Gasteiger partial charge in [-0.15, -0.1) is 5.10 Å². The molecule has 1 unspecified atom stereocenters. The van der Waals surface area contributed by atoms with Gasteiger partial charge in [0.05, 0.1) is 32.6 Å². The van der Waals surface area contributed by atoms with Crippen molar-refractivity contribution < 1.29 is 28.7 Å². The maximum atomic E-state index is 13.5. The van der Waals surface area contributed by atoms with Gasteiger partial charge in [-0.05, 0) is 51.2 Å². The number of H-pyrrole nitrogens is 1. The molecular formula is C38H66N10O7. The third-order valence-electron chi connectivity index (χ3n) is 8.81. The average Bonchev–Trinajstić information content (AvgIpc) is 3.58. The summed E-state index contributed by atoms with van der Waals surface area (Å²) in [6.07, 6.45) is 7.49. The number of aromatic nitrogens is 5. The molecule has 55 heavy (non-hydrogen) atoms. The van der Waals surface area contributed by atoms with Crippen molar-refractivity contribution in [1.82, 2.24) is 51.1 Å². The first kappa shape index (κ1) is 46.9. The molecule has 2 aromatic rings. The second-order valence-electron chi connectivity index (χ2n) is 15.9. The number of hydrogen-bond acceptors (Lipinski definition) is 11. The van der Waals surface area contributed by atoms with Gasteiger partial charge in [-0.25, -0.2) is 9.78 Å². The maximum Gasteiger partial charge on any atom is 0.344 e. The molecule has 310 valence electrons. The van der Waals surface area contributed by atoms with Gasteiger partial charge in [0, 0.05) is 41.9 Å². The van der Waals surface area contributed by atoms with E-state index in [9.17, 15) is 24.0 Å². The summed E-state index contributed by atoms with van der Waals surface area (Å²) in [5, 5.41) is 19.4. The summed E-state index contributed by atoms with van der Waals surface area (Å²) in [5.41, 5.74) is 0.119. The molecule has 0 bridgehead atoms. The number of carbonyl (C=O) groups excluding carboxylic acids is 4. The fourth-order valence-electron chi connectivity index (χ4n) is 5.66. The van der Waals surface area contributed by atoms with Gasteiger partial charge < -0.3 is 40.6 Å². The third kappa shape index (κ3) is 18.3. The van der Waals surface area contributed by atoms with Crippen LogP contribution in [0.3, 0.4) is 0 Å². The van der Waals surface area contributed by atoms with Crippen LogP contribution in [0.4, 0.5) is 0 Å². The molecular weight excluding hydrogens is 708 g/mol. The number of unbranched alkanes of at least 4 members (excludes halogenated alkanes) is 1. The normalized spacial score (nSPS) is 13.1. The van der Waals surface area contributed by atoms with E-state index < -0.39 is 40.9 Å². The highest BCUT2D eigenvalue weighted by Gasteiger charge is 2.30. The molecule has 2 heterocycles. The van der Waals surface area contributed by atoms with Crippen LogP contribution in [0.2, 0.25) is 0 Å². The molecule has 2 atom stereocenters. The fraction of sp³-hybridized carbons (Fsp3) is 0.737. The summed E-state index contributed by atoms with van der Waals surface area (Å²) >= 11 is 0. The van der Waals surface area contributed by atoms with Crippen LogP contribution in [0, 0.1) is 16.7 Å². The first-order valence-corrected chi connectivity index (χ1v) is 19.5. The molecule has 17 nitrogen and oxygen atoms in total. The predicted molar refractivity (Wildman–Crippen MR) is 210 cm³/mol. The van der Waals surface area contributed by atoms with Crippen LogP contribution < -0.4 is 27.0 Å². The van der Waals surface area contributed by atoms with Gasteiger partial charge >= 0.3 is 5.69 Å². The lowest BCUT2D eigenvalue weighted by atomic mass is 9.93. The number of nitrogens with one attached hydrogen (secondary N) is 5. The Morgan fingerprint density at radius 2 is 1.60 bits per heavy atom. The number of carbonyl (C=O) groups is 4. The zero-order valence-corrected chi connectivity index (χ0v) is 34.5. The molecule has 2 aromatic heterocycles. The number of hydrogen-bond donors (Lipinski definition) is 5. The summed E-state index contributed by atoms with van der Waals surface area (Å²) in [6.45, 7) is 22.2. The van der Waals surface area contributed by atoms with Crippen molar-refractivity contribution in [2.45, 2.75) is 107 Å². The molecule has 0 aliphatic rings. The van der Waals surface area contributed by atoms with Crippen LogP contribution in [-0.4, -0.2) is 125 Å². The quantitative estimate of drug-likeness (QED) is 0.0827. The second-order valence-corrected chi connectivity index (χ2v) is 15.9. The number of nitrogens with zero attached hydrogens (tertiary/aromatic N) is 5. The Kier molecular flexibility index (Phi) is 20.2. The van der Waals surface area contributed by atoms with Gasteiger partial charge in [0.25, 0.3) is 0 Å². The van der Waals surface area contributed by atoms with Crippen molar-refractivity contribution in [3.63, 3.8) is 0 Å². The number of rotatable bonds is 27. The Labute approximate surface area is 325 Å². The highest BCUT2D eigenvalue weighted by Crippen LogP contribution is 2.23. The number of amides is 4. The zero-order chi connectivity index (χ0) is 41.0. The topological polar surface area (TPSA) is 215 Å². The van der Waals surface area contributed by atoms with E-state index in [1.165, 1.54) is 6.20 Å². The molecule has 0 spiro atoms. The first-order valence-electron chi connectivity index (χ1n) is 19.5. The third-order valence-corrected chi connectivity index (χ3v) is 8.81. The van der Waals surface area contributed by atoms with Crippen LogP contribution >= 0.6 is 0 Å². The van der Waals surface area contributed by atoms with Crippen LogP contribution in [0.1, 0.15) is 88.0 Å². The Morgan fingerprint density at radius 3 is 2.24 bits per heavy atom. The van der Waals surface area contributed by atoms with Gasteiger partial charge in [-0.3, -0.25) is 23.9 Å². The summed E-state index contributed by atoms with van der Waals surface area (Å²) in [5.74, 6) is -1.94. The molecule has 0 aromatic carbocycles. The standard InChI is InChI=1S/C38H66N10O7/c1-10-16-39-31(49)20-40-34(51)29(15-13-14-17-47(11-2)12-3)43-35(52)33(27(4)5)44-32(50)22-54-25-38(8,9)26-55-24-37(6,7)23-48-21-30(45-46-48)28-18-41-36(53)42-19-28/h18-19,21,27,29,33H,10-17,20,22-26H2,1-9H3,(H,39,49)(H,40,51)(H,43,52)(H,44,50)(H,41,42,53)/t29?,33-/m0/s1. The molecule has 0 saturated heterocycles. The Morgan fingerprint density at radius 1 is 0.909 bits per heavy atom. The highest BCUT2D eigenvalue weighted by molar-refractivity contribution is 5.93. The molecule has 0 fully saturated rings. The van der Waals surface area contributed by atoms with E-state index >= 15 is 0 Å². The first-order chi connectivity index (χ1) is 26.0. The zero-order valence-electron chi connectivity index (χ0n) is 34.5. The lowest BCUT2D eigenvalue weighted by Crippen LogP contribution is -2.56. The van der Waals surface area contributed by atoms with Crippen molar-refractivity contribution in [3.05, 3.63) is 29.1 Å². The lowest BCUT2D eigenvalue weighted by molar-refractivity contribution is -0.135. The molecule has 17 heteroatoms. The summed E-state index contributed by atoms with van der Waals surface area (Å²) in [4.78, 5) is 71.6. The average molecular weight is 775 g/mol. The van der Waals surface area contributed by atoms with Crippen molar-refractivity contribution in [1.29, 1.82) is 0 Å². The van der Waals surface area contributed by atoms with Crippen molar-refractivity contribution in [2.75, 3.05) is 59.2 Å². The van der Waals surface area contributed by atoms with E-state index in [0.717, 1.165) is 32.5 Å². The molecule has 4 amide bonds. The fourth-order valence-corrected chi connectivity index (χ4v) is 5.66. The maximum absolute atomic E-state index is 13.5. The van der Waals surface area contributed by atoms with Crippen molar-refractivity contribution in [3.8, 4) is 11.3 Å². The van der Waals surface area contributed by atoms with Gasteiger partial charge in [-0.1, -0.05) is 67.5 Å². The van der Waals surface area contributed by atoms with Gasteiger partial charge in [0.1, 0.15) is 24.4 Å². The highest BCUT2D eigenvalue weighted by atomic mass is 16.5. The second kappa shape index (κ2) is 23.6. The molecule has 0 aliphatic carbocycles. The molecule has 0 aliphatic heterocycles. The molecule has 5 N–H and O–H groups in total. The van der Waals surface area contributed by atoms with Crippen LogP contribution in [0.15, 0.2) is 23.4 Å². The van der Waals surface area contributed by atoms with Crippen molar-refractivity contribution in [2.24, 2.45) is 16.7 Å². The molecule has 0 saturated carbocycles. The smallest absolute Gasteiger partial charge is 0.344 e. The minimum absolute atomic E-state index is 0.186. The lowest BCUT2D eigenvalue weighted by Gasteiger charge is -2.29. The van der Waals surface area contributed by atoms with E-state index in [4.69, 9.17) is 9.47 Å². The molecule has 0 radical (unpaired) electrons. The van der Waals surface area contributed by atoms with Gasteiger partial charge in [-0.2, -0.15) is 0 Å². The minimum atomic E-state index is -0.900. The molecule has 2 rings (SSSR count). The largest absolute Gasteiger partial charge is 0.380 e. The Bertz CT molecular complexity index is 1520. The Hall–Kier alpha value is -4.22. The number of ether oxygens (including phenoxy) is 2. The monoisotopic (exact) mass is 775 g/mol. The van der Waals surface area contributed by atoms with Crippen molar-refractivity contribution >= 4 is 23.6 Å². The summed E-state index contributed by atoms with van der Waals surface area (Å²) in [7, 11) is 0. The van der Waals surface area contributed by atoms with Gasteiger partial charge in [0.15, 0.2) is 0 Å². The van der Waals surface area contributed by atoms with E-state index in [1.54, 1.807) is 17.1 Å². The number of aromatic amines is 1. The van der Waals surface area contributed by atoms with Gasteiger partial charge in [0.2, 0.25) is 23.6 Å². The van der Waals surface area contributed by atoms with E-state index in [-0.39, 0.29) is 37.0 Å². The predicted octanol–water partition coefficient (Wildman–Crippen LogP) is 1.89. The van der Waals surface area contributed by atoms with E-state index in [0.29, 0.717) is 50.4 Å². The van der Waals surface area contributed by atoms with Crippen LogP contribution in [-0.2, 0) is 35.2 Å². The van der Waals surface area contributed by atoms with E-state index in [2.05, 4.69) is 74.1 Å². The van der Waals surface area contributed by atoms with Crippen LogP contribution in [0.25, 0.3) is 11.3 Å². The SMILES string of the molecule is CCCNC(=O)CNC(=O)C(CCCCN(CC)CC)NC(=O)[C@@H](NC(=O)COCC(C)(C)COCC(C)(C)Cn1cc(-c2cnc(=O)[nH]c2)nn1)C(C)C. The van der Waals surface area contributed by atoms with Crippen LogP contribution in [0.5, 0.6) is 0 Å². The minimum Gasteiger partial charge on any atom is -0.380 e.